The highest BCUT2D eigenvalue weighted by Gasteiger charge is 2.02. The molecule has 9 heavy (non-hydrogen) atoms. The number of hydrogen-bond acceptors (Lipinski definition) is 5. The average molecular weight is 152 g/mol. The van der Waals surface area contributed by atoms with Crippen LogP contribution in [0.4, 0.5) is 0 Å². The Labute approximate surface area is 52.4 Å². The second-order valence-electron chi connectivity index (χ2n) is 0.934. The molecule has 0 aromatic rings. The lowest BCUT2D eigenvalue weighted by Gasteiger charge is -1.97. The molecule has 0 atom stereocenters. The number of rotatable bonds is 3. The highest BCUT2D eigenvalue weighted by atomic mass is 31.2. The van der Waals surface area contributed by atoms with Gasteiger partial charge in [-0.05, 0) is 0 Å². The molecule has 0 amide bonds. The maximum atomic E-state index is 10.0. The Morgan fingerprint density at radius 3 is 2.56 bits per heavy atom. The molecule has 0 spiro atoms. The fourth-order valence-corrected chi connectivity index (χ4v) is 0.244. The van der Waals surface area contributed by atoms with Crippen molar-refractivity contribution in [3.05, 3.63) is 12.7 Å². The van der Waals surface area contributed by atoms with Crippen LogP contribution in [0.1, 0.15) is 0 Å². The molecule has 0 radical (unpaired) electrons. The third-order valence-corrected chi connectivity index (χ3v) is 0.561. The van der Waals surface area contributed by atoms with E-state index in [-0.39, 0.29) is 0 Å². The normalized spacial score (nSPS) is 9.22. The van der Waals surface area contributed by atoms with Crippen LogP contribution in [0.3, 0.4) is 0 Å². The number of carbonyl (C=O) groups is 1. The van der Waals surface area contributed by atoms with E-state index in [2.05, 4.69) is 16.1 Å². The van der Waals surface area contributed by atoms with E-state index in [1.165, 1.54) is 0 Å². The van der Waals surface area contributed by atoms with E-state index in [9.17, 15) is 4.79 Å². The predicted molar refractivity (Wildman–Crippen MR) is 28.7 cm³/mol. The van der Waals surface area contributed by atoms with Crippen molar-refractivity contribution in [2.75, 3.05) is 0 Å². The highest BCUT2D eigenvalue weighted by Crippen LogP contribution is 2.24. The van der Waals surface area contributed by atoms with Gasteiger partial charge in [0.2, 0.25) is 0 Å². The van der Waals surface area contributed by atoms with Gasteiger partial charge in [-0.15, -0.1) is 4.67 Å². The van der Waals surface area contributed by atoms with E-state index >= 15 is 0 Å². The molecular weight excluding hydrogens is 147 g/mol. The molecule has 5 nitrogen and oxygen atoms in total. The van der Waals surface area contributed by atoms with Crippen LogP contribution in [-0.4, -0.2) is 15.8 Å². The van der Waals surface area contributed by atoms with Crippen LogP contribution in [0.2, 0.25) is 0 Å². The van der Waals surface area contributed by atoms with Crippen LogP contribution in [-0.2, 0) is 14.4 Å². The SMILES string of the molecule is C=CC(=O)OOP(O)O. The Morgan fingerprint density at radius 2 is 2.22 bits per heavy atom. The molecule has 0 heterocycles. The van der Waals surface area contributed by atoms with Crippen LogP contribution in [0.25, 0.3) is 0 Å². The van der Waals surface area contributed by atoms with Crippen LogP contribution in [0.5, 0.6) is 0 Å². The van der Waals surface area contributed by atoms with Gasteiger partial charge in [0, 0.05) is 6.08 Å². The third kappa shape index (κ3) is 5.39. The topological polar surface area (TPSA) is 76.0 Å². The summed E-state index contributed by atoms with van der Waals surface area (Å²) in [5.74, 6) is -0.870. The Balaban J connectivity index is 3.27. The molecule has 0 aliphatic heterocycles. The summed E-state index contributed by atoms with van der Waals surface area (Å²) in [5.41, 5.74) is 0. The fraction of sp³-hybridized carbons (Fsp3) is 0. The van der Waals surface area contributed by atoms with Gasteiger partial charge in [0.15, 0.2) is 0 Å². The molecule has 0 aliphatic carbocycles. The summed E-state index contributed by atoms with van der Waals surface area (Å²) in [7, 11) is -2.63. The fourth-order valence-electron chi connectivity index (χ4n) is 0.104. The molecule has 0 fully saturated rings. The molecule has 0 aliphatic rings. The van der Waals surface area contributed by atoms with Gasteiger partial charge in [0.05, 0.1) is 0 Å². The van der Waals surface area contributed by atoms with Crippen molar-refractivity contribution in [1.29, 1.82) is 0 Å². The maximum Gasteiger partial charge on any atom is 0.370 e. The summed E-state index contributed by atoms with van der Waals surface area (Å²) in [4.78, 5) is 29.7. The maximum absolute atomic E-state index is 10.0. The lowest BCUT2D eigenvalue weighted by Crippen LogP contribution is -1.97. The molecule has 0 aromatic carbocycles. The highest BCUT2D eigenvalue weighted by molar-refractivity contribution is 7.39. The first-order valence-electron chi connectivity index (χ1n) is 1.85. The van der Waals surface area contributed by atoms with Crippen LogP contribution >= 0.6 is 8.60 Å². The van der Waals surface area contributed by atoms with Gasteiger partial charge in [0.1, 0.15) is 0 Å². The van der Waals surface area contributed by atoms with Crippen molar-refractivity contribution < 1.29 is 24.1 Å². The molecule has 0 unspecified atom stereocenters. The van der Waals surface area contributed by atoms with Crippen molar-refractivity contribution in [3.8, 4) is 0 Å². The first-order valence-corrected chi connectivity index (χ1v) is 3.02. The summed E-state index contributed by atoms with van der Waals surface area (Å²) in [6.45, 7) is 3.03. The van der Waals surface area contributed by atoms with Crippen molar-refractivity contribution in [1.82, 2.24) is 0 Å². The van der Waals surface area contributed by atoms with Crippen molar-refractivity contribution in [2.24, 2.45) is 0 Å². The summed E-state index contributed by atoms with van der Waals surface area (Å²) in [6.07, 6.45) is 0.832. The molecule has 0 saturated carbocycles. The molecule has 0 bridgehead atoms. The van der Waals surface area contributed by atoms with Crippen LogP contribution in [0, 0.1) is 0 Å². The Bertz CT molecular complexity index is 111. The van der Waals surface area contributed by atoms with Gasteiger partial charge >= 0.3 is 14.6 Å². The molecule has 52 valence electrons. The lowest BCUT2D eigenvalue weighted by atomic mass is 10.7. The van der Waals surface area contributed by atoms with E-state index in [4.69, 9.17) is 9.79 Å². The minimum Gasteiger partial charge on any atom is -0.326 e. The summed E-state index contributed by atoms with van der Waals surface area (Å²) < 4.78 is 3.65. The van der Waals surface area contributed by atoms with E-state index < -0.39 is 14.6 Å². The predicted octanol–water partition coefficient (Wildman–Crippen LogP) is -0.141. The molecule has 0 aromatic heterocycles. The van der Waals surface area contributed by atoms with E-state index in [1.807, 2.05) is 0 Å². The third-order valence-electron chi connectivity index (χ3n) is 0.353. The molecule has 0 saturated heterocycles. The summed E-state index contributed by atoms with van der Waals surface area (Å²) in [5, 5.41) is 0. The molecule has 2 N–H and O–H groups in total. The van der Waals surface area contributed by atoms with E-state index in [0.29, 0.717) is 0 Å². The van der Waals surface area contributed by atoms with Gasteiger partial charge in [0.25, 0.3) is 0 Å². The Morgan fingerprint density at radius 1 is 1.67 bits per heavy atom. The first-order chi connectivity index (χ1) is 4.16. The summed E-state index contributed by atoms with van der Waals surface area (Å²) >= 11 is 0. The minimum atomic E-state index is -2.63. The Kier molecular flexibility index (Phi) is 4.17. The van der Waals surface area contributed by atoms with Crippen LogP contribution < -0.4 is 0 Å². The average Bonchev–Trinajstić information content (AvgIpc) is 1.83. The van der Waals surface area contributed by atoms with Crippen molar-refractivity contribution >= 4 is 14.6 Å². The zero-order valence-corrected chi connectivity index (χ0v) is 5.25. The lowest BCUT2D eigenvalue weighted by molar-refractivity contribution is -0.210. The van der Waals surface area contributed by atoms with E-state index in [0.717, 1.165) is 6.08 Å². The molecular formula is C3H5O5P. The summed E-state index contributed by atoms with van der Waals surface area (Å²) in [6, 6.07) is 0. The van der Waals surface area contributed by atoms with Crippen molar-refractivity contribution in [2.45, 2.75) is 0 Å². The first kappa shape index (κ1) is 8.52. The standard InChI is InChI=1S/C3H5O5P/c1-2-3(4)7-8-9(5)6/h2,5-6H,1H2. The second-order valence-corrected chi connectivity index (χ2v) is 1.59. The largest absolute Gasteiger partial charge is 0.370 e. The zero-order chi connectivity index (χ0) is 7.28. The number of carbonyl (C=O) groups excluding carboxylic acids is 1. The van der Waals surface area contributed by atoms with Gasteiger partial charge in [-0.1, -0.05) is 6.58 Å². The van der Waals surface area contributed by atoms with Crippen LogP contribution in [0.15, 0.2) is 12.7 Å². The Hall–Kier alpha value is -0.480. The molecule has 0 rings (SSSR count). The number of hydrogen-bond donors (Lipinski definition) is 2. The van der Waals surface area contributed by atoms with Gasteiger partial charge in [-0.2, -0.15) is 0 Å². The van der Waals surface area contributed by atoms with Gasteiger partial charge < -0.3 is 9.79 Å². The quantitative estimate of drug-likeness (QED) is 0.254. The van der Waals surface area contributed by atoms with E-state index in [1.54, 1.807) is 0 Å². The molecule has 6 heteroatoms. The van der Waals surface area contributed by atoms with Crippen molar-refractivity contribution in [3.63, 3.8) is 0 Å². The van der Waals surface area contributed by atoms with Gasteiger partial charge in [-0.3, -0.25) is 4.89 Å². The van der Waals surface area contributed by atoms with Gasteiger partial charge in [-0.25, -0.2) is 4.79 Å². The zero-order valence-electron chi connectivity index (χ0n) is 4.35. The second kappa shape index (κ2) is 4.40. The monoisotopic (exact) mass is 152 g/mol. The minimum absolute atomic E-state index is 0.832. The smallest absolute Gasteiger partial charge is 0.326 e.